The number of hydrazone groups is 1. The van der Waals surface area contributed by atoms with E-state index in [0.29, 0.717) is 13.2 Å². The van der Waals surface area contributed by atoms with Gasteiger partial charge in [-0.2, -0.15) is 5.10 Å². The SMILES string of the molecule is CCOc1ccc(C=NNC(=O)C2CC(=O)N(c3ccc(C)cc3)C2)cc1. The van der Waals surface area contributed by atoms with Gasteiger partial charge in [0.25, 0.3) is 0 Å². The van der Waals surface area contributed by atoms with Crippen molar-refractivity contribution >= 4 is 23.7 Å². The Balaban J connectivity index is 1.55. The molecule has 1 aliphatic rings. The highest BCUT2D eigenvalue weighted by molar-refractivity contribution is 6.00. The quantitative estimate of drug-likeness (QED) is 0.632. The highest BCUT2D eigenvalue weighted by atomic mass is 16.5. The number of nitrogens with one attached hydrogen (secondary N) is 1. The van der Waals surface area contributed by atoms with Crippen LogP contribution in [0, 0.1) is 12.8 Å². The second-order valence-electron chi connectivity index (χ2n) is 6.48. The molecule has 1 unspecified atom stereocenters. The van der Waals surface area contributed by atoms with E-state index in [-0.39, 0.29) is 18.2 Å². The number of hydrogen-bond donors (Lipinski definition) is 1. The highest BCUT2D eigenvalue weighted by Gasteiger charge is 2.35. The molecule has 2 aromatic rings. The fourth-order valence-corrected chi connectivity index (χ4v) is 2.94. The number of carbonyl (C=O) groups excluding carboxylic acids is 2. The third-order valence-corrected chi connectivity index (χ3v) is 4.42. The van der Waals surface area contributed by atoms with Gasteiger partial charge in [-0.1, -0.05) is 17.7 Å². The van der Waals surface area contributed by atoms with E-state index < -0.39 is 5.92 Å². The van der Waals surface area contributed by atoms with Gasteiger partial charge in [0.05, 0.1) is 18.7 Å². The Morgan fingerprint density at radius 2 is 1.93 bits per heavy atom. The topological polar surface area (TPSA) is 71.0 Å². The zero-order valence-corrected chi connectivity index (χ0v) is 15.5. The molecule has 0 radical (unpaired) electrons. The molecule has 0 saturated carbocycles. The smallest absolute Gasteiger partial charge is 0.245 e. The van der Waals surface area contributed by atoms with E-state index in [1.807, 2.05) is 62.4 Å². The minimum atomic E-state index is -0.406. The molecule has 27 heavy (non-hydrogen) atoms. The third-order valence-electron chi connectivity index (χ3n) is 4.42. The average molecular weight is 365 g/mol. The van der Waals surface area contributed by atoms with Crippen molar-refractivity contribution < 1.29 is 14.3 Å². The molecule has 2 aromatic carbocycles. The lowest BCUT2D eigenvalue weighted by Crippen LogP contribution is -2.30. The molecule has 2 amide bonds. The lowest BCUT2D eigenvalue weighted by molar-refractivity contribution is -0.126. The van der Waals surface area contributed by atoms with Crippen LogP contribution in [0.5, 0.6) is 5.75 Å². The summed E-state index contributed by atoms with van der Waals surface area (Å²) in [7, 11) is 0. The molecule has 1 aliphatic heterocycles. The number of amides is 2. The maximum atomic E-state index is 12.3. The van der Waals surface area contributed by atoms with Crippen LogP contribution in [0.3, 0.4) is 0 Å². The maximum absolute atomic E-state index is 12.3. The van der Waals surface area contributed by atoms with Gasteiger partial charge in [0, 0.05) is 18.7 Å². The summed E-state index contributed by atoms with van der Waals surface area (Å²) in [4.78, 5) is 26.2. The number of nitrogens with zero attached hydrogens (tertiary/aromatic N) is 2. The number of carbonyl (C=O) groups is 2. The van der Waals surface area contributed by atoms with E-state index in [9.17, 15) is 9.59 Å². The molecule has 1 saturated heterocycles. The van der Waals surface area contributed by atoms with E-state index in [1.54, 1.807) is 11.1 Å². The molecule has 0 spiro atoms. The minimum Gasteiger partial charge on any atom is -0.494 e. The second-order valence-corrected chi connectivity index (χ2v) is 6.48. The Bertz CT molecular complexity index is 829. The zero-order valence-electron chi connectivity index (χ0n) is 15.5. The van der Waals surface area contributed by atoms with E-state index in [2.05, 4.69) is 10.5 Å². The summed E-state index contributed by atoms with van der Waals surface area (Å²) >= 11 is 0. The van der Waals surface area contributed by atoms with E-state index >= 15 is 0 Å². The van der Waals surface area contributed by atoms with Gasteiger partial charge in [0.2, 0.25) is 11.8 Å². The van der Waals surface area contributed by atoms with Crippen molar-refractivity contribution in [2.75, 3.05) is 18.1 Å². The Morgan fingerprint density at radius 3 is 2.59 bits per heavy atom. The summed E-state index contributed by atoms with van der Waals surface area (Å²) in [5.41, 5.74) is 5.33. The van der Waals surface area contributed by atoms with Crippen LogP contribution in [0.4, 0.5) is 5.69 Å². The number of ether oxygens (including phenoxy) is 1. The van der Waals surface area contributed by atoms with Gasteiger partial charge >= 0.3 is 0 Å². The molecule has 1 N–H and O–H groups in total. The molecule has 140 valence electrons. The molecule has 0 aliphatic carbocycles. The number of benzene rings is 2. The first-order valence-corrected chi connectivity index (χ1v) is 8.99. The van der Waals surface area contributed by atoms with Crippen LogP contribution in [-0.2, 0) is 9.59 Å². The number of anilines is 1. The molecule has 6 nitrogen and oxygen atoms in total. The molecule has 1 heterocycles. The molecule has 6 heteroatoms. The number of rotatable bonds is 6. The molecule has 1 atom stereocenters. The fraction of sp³-hybridized carbons (Fsp3) is 0.286. The van der Waals surface area contributed by atoms with Gasteiger partial charge < -0.3 is 9.64 Å². The Labute approximate surface area is 158 Å². The third kappa shape index (κ3) is 4.73. The van der Waals surface area contributed by atoms with Crippen LogP contribution in [0.15, 0.2) is 53.6 Å². The van der Waals surface area contributed by atoms with Crippen LogP contribution in [0.2, 0.25) is 0 Å². The van der Waals surface area contributed by atoms with Crippen LogP contribution in [0.25, 0.3) is 0 Å². The van der Waals surface area contributed by atoms with Gasteiger partial charge in [-0.25, -0.2) is 5.43 Å². The highest BCUT2D eigenvalue weighted by Crippen LogP contribution is 2.25. The summed E-state index contributed by atoms with van der Waals surface area (Å²) in [6.07, 6.45) is 1.76. The second kappa shape index (κ2) is 8.49. The van der Waals surface area contributed by atoms with Gasteiger partial charge in [0.15, 0.2) is 0 Å². The van der Waals surface area contributed by atoms with Crippen molar-refractivity contribution in [2.45, 2.75) is 20.3 Å². The van der Waals surface area contributed by atoms with Crippen molar-refractivity contribution in [2.24, 2.45) is 11.0 Å². The number of aryl methyl sites for hydroxylation is 1. The first-order valence-electron chi connectivity index (χ1n) is 8.99. The van der Waals surface area contributed by atoms with E-state index in [0.717, 1.165) is 22.6 Å². The summed E-state index contributed by atoms with van der Waals surface area (Å²) in [5, 5.41) is 4.00. The normalized spacial score (nSPS) is 16.7. The Kier molecular flexibility index (Phi) is 5.86. The number of hydrogen-bond acceptors (Lipinski definition) is 4. The van der Waals surface area contributed by atoms with Crippen LogP contribution in [-0.4, -0.2) is 31.2 Å². The summed E-state index contributed by atoms with van der Waals surface area (Å²) in [6, 6.07) is 15.1. The fourth-order valence-electron chi connectivity index (χ4n) is 2.94. The predicted octanol–water partition coefficient (Wildman–Crippen LogP) is 2.90. The average Bonchev–Trinajstić information content (AvgIpc) is 3.06. The first-order chi connectivity index (χ1) is 13.1. The largest absolute Gasteiger partial charge is 0.494 e. The van der Waals surface area contributed by atoms with Crippen molar-refractivity contribution in [3.05, 3.63) is 59.7 Å². The zero-order chi connectivity index (χ0) is 19.2. The molecule has 0 aromatic heterocycles. The van der Waals surface area contributed by atoms with Crippen molar-refractivity contribution in [3.8, 4) is 5.75 Å². The van der Waals surface area contributed by atoms with Gasteiger partial charge in [0.1, 0.15) is 5.75 Å². The van der Waals surface area contributed by atoms with Gasteiger partial charge in [-0.05, 0) is 55.8 Å². The molecule has 0 bridgehead atoms. The van der Waals surface area contributed by atoms with Crippen LogP contribution in [0.1, 0.15) is 24.5 Å². The monoisotopic (exact) mass is 365 g/mol. The van der Waals surface area contributed by atoms with Crippen LogP contribution < -0.4 is 15.1 Å². The van der Waals surface area contributed by atoms with Crippen LogP contribution >= 0.6 is 0 Å². The minimum absolute atomic E-state index is 0.0468. The van der Waals surface area contributed by atoms with Crippen molar-refractivity contribution in [1.82, 2.24) is 5.43 Å². The maximum Gasteiger partial charge on any atom is 0.245 e. The standard InChI is InChI=1S/C21H23N3O3/c1-3-27-19-10-6-16(7-11-19)13-22-23-21(26)17-12-20(25)24(14-17)18-8-4-15(2)5-9-18/h4-11,13,17H,3,12,14H2,1-2H3,(H,23,26). The lowest BCUT2D eigenvalue weighted by atomic mass is 10.1. The molecular formula is C21H23N3O3. The van der Waals surface area contributed by atoms with Crippen molar-refractivity contribution in [3.63, 3.8) is 0 Å². The lowest BCUT2D eigenvalue weighted by Gasteiger charge is -2.16. The first kappa shape index (κ1) is 18.6. The van der Waals surface area contributed by atoms with E-state index in [4.69, 9.17) is 4.74 Å². The summed E-state index contributed by atoms with van der Waals surface area (Å²) in [5.74, 6) is 0.0882. The molecule has 1 fully saturated rings. The van der Waals surface area contributed by atoms with Gasteiger partial charge in [-0.15, -0.1) is 0 Å². The van der Waals surface area contributed by atoms with Gasteiger partial charge in [-0.3, -0.25) is 9.59 Å². The van der Waals surface area contributed by atoms with Crippen molar-refractivity contribution in [1.29, 1.82) is 0 Å². The van der Waals surface area contributed by atoms with E-state index in [1.165, 1.54) is 0 Å². The Hall–Kier alpha value is -3.15. The molecule has 3 rings (SSSR count). The molecular weight excluding hydrogens is 342 g/mol. The predicted molar refractivity (Wildman–Crippen MR) is 105 cm³/mol. The Morgan fingerprint density at radius 1 is 1.22 bits per heavy atom. The summed E-state index contributed by atoms with van der Waals surface area (Å²) < 4.78 is 5.38. The summed E-state index contributed by atoms with van der Waals surface area (Å²) in [6.45, 7) is 4.91.